The predicted octanol–water partition coefficient (Wildman–Crippen LogP) is 4.33. The zero-order chi connectivity index (χ0) is 25.8. The Kier molecular flexibility index (Phi) is 7.72. The standard InChI is InChI=1S/C29H35FN4O3/c30-23-10-8-20(9-11-23)19-31-28(36)25-18-24(32-27(35)21-6-3-7-21)12-13-26(25)33-14-16-34(17-15-33)29(37)22-4-1-2-5-22/h8-13,18,21-22H,1-7,14-17,19H2,(H,31,36)(H,32,35). The van der Waals surface area contributed by atoms with Gasteiger partial charge >= 0.3 is 0 Å². The Labute approximate surface area is 217 Å². The molecule has 2 aromatic carbocycles. The summed E-state index contributed by atoms with van der Waals surface area (Å²) in [5.41, 5.74) is 2.66. The highest BCUT2D eigenvalue weighted by atomic mass is 19.1. The largest absolute Gasteiger partial charge is 0.367 e. The van der Waals surface area contributed by atoms with E-state index in [-0.39, 0.29) is 41.9 Å². The van der Waals surface area contributed by atoms with Crippen LogP contribution in [-0.2, 0) is 16.1 Å². The molecule has 0 spiro atoms. The van der Waals surface area contributed by atoms with E-state index in [1.54, 1.807) is 18.2 Å². The molecule has 1 saturated heterocycles. The van der Waals surface area contributed by atoms with Gasteiger partial charge in [-0.3, -0.25) is 14.4 Å². The number of rotatable bonds is 7. The Morgan fingerprint density at radius 2 is 1.51 bits per heavy atom. The Morgan fingerprint density at radius 3 is 2.16 bits per heavy atom. The Morgan fingerprint density at radius 1 is 0.838 bits per heavy atom. The van der Waals surface area contributed by atoms with Gasteiger partial charge in [0.1, 0.15) is 5.82 Å². The monoisotopic (exact) mass is 506 g/mol. The second kappa shape index (κ2) is 11.3. The van der Waals surface area contributed by atoms with Gasteiger partial charge in [-0.2, -0.15) is 0 Å². The molecular formula is C29H35FN4O3. The summed E-state index contributed by atoms with van der Waals surface area (Å²) < 4.78 is 13.3. The molecule has 7 nitrogen and oxygen atoms in total. The minimum Gasteiger partial charge on any atom is -0.367 e. The Balaban J connectivity index is 1.30. The highest BCUT2D eigenvalue weighted by Crippen LogP contribution is 2.31. The van der Waals surface area contributed by atoms with Crippen LogP contribution in [0.4, 0.5) is 15.8 Å². The highest BCUT2D eigenvalue weighted by Gasteiger charge is 2.31. The van der Waals surface area contributed by atoms with Crippen molar-refractivity contribution in [3.63, 3.8) is 0 Å². The SMILES string of the molecule is O=C(NCc1ccc(F)cc1)c1cc(NC(=O)C2CCC2)ccc1N1CCN(C(=O)C2CCCC2)CC1. The number of hydrogen-bond donors (Lipinski definition) is 2. The number of halogens is 1. The number of carbonyl (C=O) groups is 3. The topological polar surface area (TPSA) is 81.8 Å². The minimum absolute atomic E-state index is 0.00397. The molecule has 3 amide bonds. The van der Waals surface area contributed by atoms with E-state index >= 15 is 0 Å². The van der Waals surface area contributed by atoms with Crippen LogP contribution in [0.15, 0.2) is 42.5 Å². The molecule has 2 aromatic rings. The third-order valence-corrected chi connectivity index (χ3v) is 7.99. The molecular weight excluding hydrogens is 471 g/mol. The number of amides is 3. The van der Waals surface area contributed by atoms with Gasteiger partial charge in [0.05, 0.1) is 5.56 Å². The molecule has 2 saturated carbocycles. The van der Waals surface area contributed by atoms with Gasteiger partial charge in [-0.05, 0) is 61.6 Å². The molecule has 2 aliphatic carbocycles. The van der Waals surface area contributed by atoms with Gasteiger partial charge in [0.2, 0.25) is 11.8 Å². The first-order chi connectivity index (χ1) is 18.0. The van der Waals surface area contributed by atoms with Gasteiger partial charge in [0.25, 0.3) is 5.91 Å². The summed E-state index contributed by atoms with van der Waals surface area (Å²) in [6.07, 6.45) is 7.13. The van der Waals surface area contributed by atoms with Crippen LogP contribution in [-0.4, -0.2) is 48.8 Å². The van der Waals surface area contributed by atoms with Crippen LogP contribution in [0.3, 0.4) is 0 Å². The zero-order valence-corrected chi connectivity index (χ0v) is 21.2. The van der Waals surface area contributed by atoms with Crippen LogP contribution in [0.5, 0.6) is 0 Å². The second-order valence-corrected chi connectivity index (χ2v) is 10.5. The lowest BCUT2D eigenvalue weighted by Crippen LogP contribution is -2.50. The maximum atomic E-state index is 13.3. The van der Waals surface area contributed by atoms with E-state index in [9.17, 15) is 18.8 Å². The quantitative estimate of drug-likeness (QED) is 0.586. The van der Waals surface area contributed by atoms with E-state index in [4.69, 9.17) is 0 Å². The van der Waals surface area contributed by atoms with Crippen LogP contribution in [0.2, 0.25) is 0 Å². The average molecular weight is 507 g/mol. The van der Waals surface area contributed by atoms with E-state index in [1.165, 1.54) is 12.1 Å². The van der Waals surface area contributed by atoms with E-state index in [0.29, 0.717) is 37.4 Å². The first-order valence-corrected chi connectivity index (χ1v) is 13.5. The number of hydrogen-bond acceptors (Lipinski definition) is 4. The summed E-state index contributed by atoms with van der Waals surface area (Å²) in [5.74, 6) is -0.112. The van der Waals surface area contributed by atoms with Crippen molar-refractivity contribution < 1.29 is 18.8 Å². The molecule has 196 valence electrons. The van der Waals surface area contributed by atoms with Crippen LogP contribution >= 0.6 is 0 Å². The summed E-state index contributed by atoms with van der Waals surface area (Å²) in [6, 6.07) is 11.5. The lowest BCUT2D eigenvalue weighted by Gasteiger charge is -2.38. The molecule has 0 atom stereocenters. The van der Waals surface area contributed by atoms with Gasteiger partial charge in [0.15, 0.2) is 0 Å². The molecule has 0 bridgehead atoms. The van der Waals surface area contributed by atoms with Crippen molar-refractivity contribution >= 4 is 29.1 Å². The number of benzene rings is 2. The molecule has 0 radical (unpaired) electrons. The van der Waals surface area contributed by atoms with Crippen LogP contribution in [0.25, 0.3) is 0 Å². The van der Waals surface area contributed by atoms with Crippen molar-refractivity contribution in [3.8, 4) is 0 Å². The molecule has 1 aliphatic heterocycles. The van der Waals surface area contributed by atoms with E-state index in [1.807, 2.05) is 17.0 Å². The molecule has 2 N–H and O–H groups in total. The smallest absolute Gasteiger partial charge is 0.253 e. The van der Waals surface area contributed by atoms with Crippen molar-refractivity contribution in [3.05, 3.63) is 59.4 Å². The average Bonchev–Trinajstić information content (AvgIpc) is 3.42. The summed E-state index contributed by atoms with van der Waals surface area (Å²) >= 11 is 0. The fraction of sp³-hybridized carbons (Fsp3) is 0.483. The zero-order valence-electron chi connectivity index (χ0n) is 21.2. The fourth-order valence-corrected chi connectivity index (χ4v) is 5.46. The van der Waals surface area contributed by atoms with Crippen LogP contribution < -0.4 is 15.5 Å². The fourth-order valence-electron chi connectivity index (χ4n) is 5.46. The van der Waals surface area contributed by atoms with Crippen LogP contribution in [0, 0.1) is 17.7 Å². The maximum absolute atomic E-state index is 13.3. The van der Waals surface area contributed by atoms with Crippen molar-refractivity contribution in [2.75, 3.05) is 36.4 Å². The highest BCUT2D eigenvalue weighted by molar-refractivity contribution is 6.02. The van der Waals surface area contributed by atoms with E-state index < -0.39 is 0 Å². The normalized spacial score (nSPS) is 18.4. The van der Waals surface area contributed by atoms with Crippen LogP contribution in [0.1, 0.15) is 60.9 Å². The molecule has 3 fully saturated rings. The Hall–Kier alpha value is -3.42. The third kappa shape index (κ3) is 5.95. The summed E-state index contributed by atoms with van der Waals surface area (Å²) in [4.78, 5) is 42.8. The third-order valence-electron chi connectivity index (χ3n) is 7.99. The van der Waals surface area contributed by atoms with Crippen molar-refractivity contribution in [2.45, 2.75) is 51.5 Å². The molecule has 0 aromatic heterocycles. The number of piperazine rings is 1. The molecule has 3 aliphatic rings. The molecule has 0 unspecified atom stereocenters. The minimum atomic E-state index is -0.321. The van der Waals surface area contributed by atoms with Gasteiger partial charge in [-0.1, -0.05) is 31.4 Å². The predicted molar refractivity (Wildman–Crippen MR) is 141 cm³/mol. The molecule has 5 rings (SSSR count). The number of carbonyl (C=O) groups excluding carboxylic acids is 3. The van der Waals surface area contributed by atoms with Gasteiger partial charge in [0, 0.05) is 55.9 Å². The molecule has 8 heteroatoms. The van der Waals surface area contributed by atoms with Crippen molar-refractivity contribution in [2.24, 2.45) is 11.8 Å². The lowest BCUT2D eigenvalue weighted by molar-refractivity contribution is -0.135. The first kappa shape index (κ1) is 25.2. The van der Waals surface area contributed by atoms with Gasteiger partial charge < -0.3 is 20.4 Å². The summed E-state index contributed by atoms with van der Waals surface area (Å²) in [6.45, 7) is 2.81. The van der Waals surface area contributed by atoms with Crippen molar-refractivity contribution in [1.29, 1.82) is 0 Å². The molecule has 37 heavy (non-hydrogen) atoms. The van der Waals surface area contributed by atoms with Crippen molar-refractivity contribution in [1.82, 2.24) is 10.2 Å². The number of nitrogens with one attached hydrogen (secondary N) is 2. The number of anilines is 2. The Bertz CT molecular complexity index is 1130. The first-order valence-electron chi connectivity index (χ1n) is 13.5. The lowest BCUT2D eigenvalue weighted by atomic mass is 9.85. The summed E-state index contributed by atoms with van der Waals surface area (Å²) in [7, 11) is 0. The van der Waals surface area contributed by atoms with Gasteiger partial charge in [-0.15, -0.1) is 0 Å². The second-order valence-electron chi connectivity index (χ2n) is 10.5. The van der Waals surface area contributed by atoms with E-state index in [0.717, 1.165) is 56.2 Å². The maximum Gasteiger partial charge on any atom is 0.253 e. The van der Waals surface area contributed by atoms with E-state index in [2.05, 4.69) is 15.5 Å². The molecule has 1 heterocycles. The van der Waals surface area contributed by atoms with Gasteiger partial charge in [-0.25, -0.2) is 4.39 Å². The summed E-state index contributed by atoms with van der Waals surface area (Å²) in [5, 5.41) is 5.91. The number of nitrogens with zero attached hydrogens (tertiary/aromatic N) is 2.